The van der Waals surface area contributed by atoms with Crippen LogP contribution in [0.4, 0.5) is 5.69 Å². The van der Waals surface area contributed by atoms with Crippen LogP contribution in [0.15, 0.2) is 42.5 Å². The molecule has 2 atom stereocenters. The van der Waals surface area contributed by atoms with Gasteiger partial charge in [0, 0.05) is 5.02 Å². The van der Waals surface area contributed by atoms with Crippen LogP contribution in [0.5, 0.6) is 5.75 Å². The molecular formula is C20H24Cl2N2O4S. The Morgan fingerprint density at radius 1 is 1.17 bits per heavy atom. The summed E-state index contributed by atoms with van der Waals surface area (Å²) in [6.07, 6.45) is 1.65. The fourth-order valence-electron chi connectivity index (χ4n) is 2.99. The largest absolute Gasteiger partial charge is 0.497 e. The highest BCUT2D eigenvalue weighted by atomic mass is 35.5. The van der Waals surface area contributed by atoms with Crippen LogP contribution in [-0.4, -0.2) is 33.7 Å². The summed E-state index contributed by atoms with van der Waals surface area (Å²) in [6.45, 7) is 3.44. The number of methoxy groups -OCH3 is 1. The lowest BCUT2D eigenvalue weighted by Crippen LogP contribution is -2.48. The van der Waals surface area contributed by atoms with Crippen LogP contribution in [0, 0.1) is 0 Å². The van der Waals surface area contributed by atoms with E-state index in [0.717, 1.165) is 16.1 Å². The van der Waals surface area contributed by atoms with Crippen molar-refractivity contribution < 1.29 is 17.9 Å². The van der Waals surface area contributed by atoms with Crippen molar-refractivity contribution in [3.05, 3.63) is 58.1 Å². The molecule has 0 aliphatic heterocycles. The van der Waals surface area contributed by atoms with Gasteiger partial charge in [-0.3, -0.25) is 9.10 Å². The van der Waals surface area contributed by atoms with Gasteiger partial charge in [-0.05, 0) is 49.2 Å². The lowest BCUT2D eigenvalue weighted by atomic mass is 10.0. The van der Waals surface area contributed by atoms with E-state index in [1.54, 1.807) is 13.2 Å². The van der Waals surface area contributed by atoms with Gasteiger partial charge in [0.15, 0.2) is 0 Å². The van der Waals surface area contributed by atoms with Crippen LogP contribution in [0.3, 0.4) is 0 Å². The van der Waals surface area contributed by atoms with Crippen molar-refractivity contribution >= 4 is 44.8 Å². The summed E-state index contributed by atoms with van der Waals surface area (Å²) >= 11 is 12.2. The van der Waals surface area contributed by atoms with E-state index in [0.29, 0.717) is 17.2 Å². The fraction of sp³-hybridized carbons (Fsp3) is 0.350. The molecule has 0 saturated heterocycles. The van der Waals surface area contributed by atoms with E-state index in [4.69, 9.17) is 27.9 Å². The Hall–Kier alpha value is -1.96. The Labute approximate surface area is 181 Å². The zero-order chi connectivity index (χ0) is 21.8. The van der Waals surface area contributed by atoms with Crippen molar-refractivity contribution in [3.63, 3.8) is 0 Å². The van der Waals surface area contributed by atoms with Crippen molar-refractivity contribution in [2.45, 2.75) is 32.4 Å². The molecular weight excluding hydrogens is 435 g/mol. The minimum Gasteiger partial charge on any atom is -0.497 e. The van der Waals surface area contributed by atoms with Crippen LogP contribution in [-0.2, 0) is 14.8 Å². The number of sulfonamides is 1. The number of nitrogens with one attached hydrogen (secondary N) is 1. The number of halogens is 2. The summed E-state index contributed by atoms with van der Waals surface area (Å²) in [5.41, 5.74) is 1.04. The van der Waals surface area contributed by atoms with E-state index in [9.17, 15) is 13.2 Å². The minimum atomic E-state index is -3.80. The number of benzene rings is 2. The first-order valence-corrected chi connectivity index (χ1v) is 11.6. The molecule has 0 radical (unpaired) electrons. The van der Waals surface area contributed by atoms with Crippen LogP contribution in [0.1, 0.15) is 31.9 Å². The summed E-state index contributed by atoms with van der Waals surface area (Å²) in [5, 5.41) is 3.41. The third-order valence-electron chi connectivity index (χ3n) is 4.48. The number of nitrogens with zero attached hydrogens (tertiary/aromatic N) is 1. The topological polar surface area (TPSA) is 75.7 Å². The lowest BCUT2D eigenvalue weighted by Gasteiger charge is -2.30. The molecule has 1 N–H and O–H groups in total. The smallest absolute Gasteiger partial charge is 0.244 e. The average Bonchev–Trinajstić information content (AvgIpc) is 2.67. The molecule has 9 heteroatoms. The molecule has 0 aliphatic carbocycles. The fourth-order valence-corrected chi connectivity index (χ4v) is 4.59. The van der Waals surface area contributed by atoms with Crippen LogP contribution in [0.2, 0.25) is 10.0 Å². The average molecular weight is 459 g/mol. The Balaban J connectivity index is 2.31. The van der Waals surface area contributed by atoms with E-state index in [1.165, 1.54) is 19.1 Å². The minimum absolute atomic E-state index is 0.154. The highest BCUT2D eigenvalue weighted by molar-refractivity contribution is 7.92. The van der Waals surface area contributed by atoms with Crippen LogP contribution >= 0.6 is 23.2 Å². The monoisotopic (exact) mass is 458 g/mol. The second-order valence-electron chi connectivity index (χ2n) is 6.57. The second kappa shape index (κ2) is 9.69. The number of hydrogen-bond acceptors (Lipinski definition) is 4. The van der Waals surface area contributed by atoms with E-state index >= 15 is 0 Å². The molecule has 2 aromatic carbocycles. The molecule has 0 unspecified atom stereocenters. The molecule has 2 aromatic rings. The van der Waals surface area contributed by atoms with Crippen LogP contribution in [0.25, 0.3) is 0 Å². The molecule has 6 nitrogen and oxygen atoms in total. The Morgan fingerprint density at radius 3 is 2.31 bits per heavy atom. The second-order valence-corrected chi connectivity index (χ2v) is 9.28. The lowest BCUT2D eigenvalue weighted by molar-refractivity contribution is -0.122. The number of amides is 1. The molecule has 0 aliphatic rings. The summed E-state index contributed by atoms with van der Waals surface area (Å²) in [6, 6.07) is 10.5. The first-order valence-electron chi connectivity index (χ1n) is 8.97. The highest BCUT2D eigenvalue weighted by Gasteiger charge is 2.31. The Morgan fingerprint density at radius 2 is 1.79 bits per heavy atom. The molecule has 158 valence electrons. The number of ether oxygens (including phenoxy) is 1. The van der Waals surface area contributed by atoms with Gasteiger partial charge in [-0.1, -0.05) is 42.3 Å². The zero-order valence-electron chi connectivity index (χ0n) is 16.6. The van der Waals surface area contributed by atoms with Gasteiger partial charge in [0.05, 0.1) is 30.1 Å². The van der Waals surface area contributed by atoms with Gasteiger partial charge in [0.25, 0.3) is 0 Å². The van der Waals surface area contributed by atoms with Crippen LogP contribution < -0.4 is 14.4 Å². The van der Waals surface area contributed by atoms with E-state index in [-0.39, 0.29) is 16.8 Å². The van der Waals surface area contributed by atoms with E-state index < -0.39 is 22.0 Å². The summed E-state index contributed by atoms with van der Waals surface area (Å²) in [4.78, 5) is 12.9. The molecule has 0 saturated carbocycles. The molecule has 2 rings (SSSR count). The molecule has 0 aromatic heterocycles. The summed E-state index contributed by atoms with van der Waals surface area (Å²) < 4.78 is 31.1. The molecule has 0 heterocycles. The van der Waals surface area contributed by atoms with Crippen molar-refractivity contribution in [2.75, 3.05) is 17.7 Å². The first kappa shape index (κ1) is 23.3. The third kappa shape index (κ3) is 5.78. The maximum Gasteiger partial charge on any atom is 0.244 e. The summed E-state index contributed by atoms with van der Waals surface area (Å²) in [7, 11) is -2.22. The van der Waals surface area contributed by atoms with Crippen molar-refractivity contribution in [2.24, 2.45) is 0 Å². The number of anilines is 1. The molecule has 0 fully saturated rings. The molecule has 1 amide bonds. The Bertz CT molecular complexity index is 965. The van der Waals surface area contributed by atoms with Gasteiger partial charge in [-0.15, -0.1) is 0 Å². The molecule has 29 heavy (non-hydrogen) atoms. The predicted octanol–water partition coefficient (Wildman–Crippen LogP) is 4.42. The standard InChI is InChI=1S/C20H24Cl2N2O4S/c1-5-18(14-6-9-16(28-3)10-7-14)23-20(25)13(2)24(29(4,26)27)19-12-15(21)8-11-17(19)22/h6-13,18H,5H2,1-4H3,(H,23,25)/t13-,18-/m0/s1. The number of rotatable bonds is 8. The predicted molar refractivity (Wildman–Crippen MR) is 117 cm³/mol. The number of carbonyl (C=O) groups is 1. The normalized spacial score (nSPS) is 13.4. The maximum absolute atomic E-state index is 12.9. The molecule has 0 bridgehead atoms. The SMILES string of the molecule is CC[C@H](NC(=O)[C@H](C)N(c1cc(Cl)ccc1Cl)S(C)(=O)=O)c1ccc(OC)cc1. The van der Waals surface area contributed by atoms with Gasteiger partial charge in [-0.25, -0.2) is 8.42 Å². The first-order chi connectivity index (χ1) is 13.6. The summed E-state index contributed by atoms with van der Waals surface area (Å²) in [5.74, 6) is 0.260. The van der Waals surface area contributed by atoms with Gasteiger partial charge in [0.1, 0.15) is 11.8 Å². The maximum atomic E-state index is 12.9. The number of carbonyl (C=O) groups excluding carboxylic acids is 1. The Kier molecular flexibility index (Phi) is 7.80. The van der Waals surface area contributed by atoms with E-state index in [2.05, 4.69) is 5.32 Å². The highest BCUT2D eigenvalue weighted by Crippen LogP contribution is 2.32. The molecule has 0 spiro atoms. The van der Waals surface area contributed by atoms with Crippen molar-refractivity contribution in [1.82, 2.24) is 5.32 Å². The van der Waals surface area contributed by atoms with Crippen molar-refractivity contribution in [1.29, 1.82) is 0 Å². The third-order valence-corrected chi connectivity index (χ3v) is 6.26. The van der Waals surface area contributed by atoms with E-state index in [1.807, 2.05) is 31.2 Å². The van der Waals surface area contributed by atoms with Gasteiger partial charge < -0.3 is 10.1 Å². The van der Waals surface area contributed by atoms with Gasteiger partial charge >= 0.3 is 0 Å². The van der Waals surface area contributed by atoms with Crippen molar-refractivity contribution in [3.8, 4) is 5.75 Å². The van der Waals surface area contributed by atoms with Gasteiger partial charge in [0.2, 0.25) is 15.9 Å². The van der Waals surface area contributed by atoms with Gasteiger partial charge in [-0.2, -0.15) is 0 Å². The number of hydrogen-bond donors (Lipinski definition) is 1. The zero-order valence-corrected chi connectivity index (χ0v) is 19.0. The quantitative estimate of drug-likeness (QED) is 0.634.